The van der Waals surface area contributed by atoms with Crippen molar-refractivity contribution in [3.63, 3.8) is 0 Å². The van der Waals surface area contributed by atoms with Crippen LogP contribution in [0.25, 0.3) is 10.6 Å². The minimum absolute atomic E-state index is 0.0534. The molecule has 0 radical (unpaired) electrons. The Morgan fingerprint density at radius 2 is 1.83 bits per heavy atom. The van der Waals surface area contributed by atoms with Gasteiger partial charge in [-0.15, -0.1) is 11.3 Å². The first-order valence-corrected chi connectivity index (χ1v) is 9.02. The van der Waals surface area contributed by atoms with Crippen molar-refractivity contribution in [2.75, 3.05) is 11.8 Å². The van der Waals surface area contributed by atoms with Crippen LogP contribution in [0.15, 0.2) is 53.0 Å². The van der Waals surface area contributed by atoms with Gasteiger partial charge in [-0.25, -0.2) is 22.8 Å². The van der Waals surface area contributed by atoms with Crippen molar-refractivity contribution in [1.82, 2.24) is 9.97 Å². The maximum absolute atomic E-state index is 13.0. The third kappa shape index (κ3) is 3.52. The number of nitrogens with one attached hydrogen (secondary N) is 1. The minimum atomic E-state index is -3.78. The van der Waals surface area contributed by atoms with Gasteiger partial charge in [-0.3, -0.25) is 4.72 Å². The summed E-state index contributed by atoms with van der Waals surface area (Å²) in [5.41, 5.74) is 0.960. The van der Waals surface area contributed by atoms with Gasteiger partial charge in [0, 0.05) is 11.6 Å². The second-order valence-corrected chi connectivity index (χ2v) is 7.63. The van der Waals surface area contributed by atoms with Crippen LogP contribution >= 0.6 is 11.3 Å². The number of halogens is 1. The Balaban J connectivity index is 1.83. The number of pyridine rings is 1. The molecule has 9 heteroatoms. The highest BCUT2D eigenvalue weighted by atomic mass is 32.2. The third-order valence-electron chi connectivity index (χ3n) is 3.04. The molecule has 6 nitrogen and oxygen atoms in total. The average molecular weight is 365 g/mol. The van der Waals surface area contributed by atoms with Crippen molar-refractivity contribution in [2.24, 2.45) is 0 Å². The van der Waals surface area contributed by atoms with E-state index in [9.17, 15) is 12.8 Å². The van der Waals surface area contributed by atoms with Gasteiger partial charge in [0.2, 0.25) is 5.88 Å². The number of rotatable bonds is 5. The van der Waals surface area contributed by atoms with Crippen LogP contribution < -0.4 is 9.46 Å². The number of nitrogens with zero attached hydrogens (tertiary/aromatic N) is 2. The molecule has 0 saturated carbocycles. The highest BCUT2D eigenvalue weighted by molar-refractivity contribution is 7.94. The number of methoxy groups -OCH3 is 1. The molecule has 124 valence electrons. The summed E-state index contributed by atoms with van der Waals surface area (Å²) in [5.74, 6) is 0.0196. The van der Waals surface area contributed by atoms with Gasteiger partial charge < -0.3 is 4.74 Å². The van der Waals surface area contributed by atoms with E-state index in [2.05, 4.69) is 14.7 Å². The Morgan fingerprint density at radius 1 is 1.08 bits per heavy atom. The van der Waals surface area contributed by atoms with Crippen molar-refractivity contribution in [3.8, 4) is 16.5 Å². The van der Waals surface area contributed by atoms with Crippen LogP contribution in [0.5, 0.6) is 5.88 Å². The van der Waals surface area contributed by atoms with E-state index in [1.54, 1.807) is 24.3 Å². The first-order chi connectivity index (χ1) is 11.5. The molecule has 3 rings (SSSR count). The largest absolute Gasteiger partial charge is 0.481 e. The van der Waals surface area contributed by atoms with E-state index >= 15 is 0 Å². The molecule has 0 aliphatic rings. The smallest absolute Gasteiger partial charge is 0.273 e. The quantitative estimate of drug-likeness (QED) is 0.751. The van der Waals surface area contributed by atoms with Crippen LogP contribution in [-0.2, 0) is 10.0 Å². The summed E-state index contributed by atoms with van der Waals surface area (Å²) in [4.78, 5) is 8.03. The summed E-state index contributed by atoms with van der Waals surface area (Å²) in [6, 6.07) is 8.79. The van der Waals surface area contributed by atoms with Crippen molar-refractivity contribution >= 4 is 27.0 Å². The lowest BCUT2D eigenvalue weighted by Gasteiger charge is -2.05. The highest BCUT2D eigenvalue weighted by Crippen LogP contribution is 2.29. The normalized spacial score (nSPS) is 11.2. The molecular weight excluding hydrogens is 353 g/mol. The van der Waals surface area contributed by atoms with Gasteiger partial charge in [-0.1, -0.05) is 0 Å². The van der Waals surface area contributed by atoms with Crippen LogP contribution in [-0.4, -0.2) is 25.5 Å². The number of sulfonamides is 1. The van der Waals surface area contributed by atoms with Gasteiger partial charge in [0.25, 0.3) is 10.0 Å². The van der Waals surface area contributed by atoms with Crippen LogP contribution in [0.3, 0.4) is 0 Å². The molecule has 0 amide bonds. The van der Waals surface area contributed by atoms with Crippen molar-refractivity contribution in [3.05, 3.63) is 54.6 Å². The van der Waals surface area contributed by atoms with E-state index in [1.807, 2.05) is 0 Å². The van der Waals surface area contributed by atoms with Crippen LogP contribution in [0, 0.1) is 5.82 Å². The molecular formula is C15H12FN3O3S2. The Hall–Kier alpha value is -2.52. The maximum Gasteiger partial charge on any atom is 0.273 e. The number of ether oxygens (including phenoxy) is 1. The molecule has 24 heavy (non-hydrogen) atoms. The fraction of sp³-hybridized carbons (Fsp3) is 0.0667. The van der Waals surface area contributed by atoms with E-state index in [0.717, 1.165) is 11.3 Å². The van der Waals surface area contributed by atoms with Gasteiger partial charge in [0.05, 0.1) is 25.2 Å². The first kappa shape index (κ1) is 16.3. The molecule has 0 aliphatic heterocycles. The fourth-order valence-corrected chi connectivity index (χ4v) is 4.06. The van der Waals surface area contributed by atoms with Crippen LogP contribution in [0.1, 0.15) is 0 Å². The molecule has 0 atom stereocenters. The monoisotopic (exact) mass is 365 g/mol. The zero-order chi connectivity index (χ0) is 17.2. The molecule has 0 unspecified atom stereocenters. The van der Waals surface area contributed by atoms with Gasteiger partial charge in [0.1, 0.15) is 10.8 Å². The second-order valence-electron chi connectivity index (χ2n) is 4.69. The summed E-state index contributed by atoms with van der Waals surface area (Å²) in [5, 5.41) is 0.489. The molecule has 0 spiro atoms. The van der Waals surface area contributed by atoms with E-state index in [1.165, 1.54) is 31.6 Å². The maximum atomic E-state index is 13.0. The second kappa shape index (κ2) is 6.54. The minimum Gasteiger partial charge on any atom is -0.481 e. The summed E-state index contributed by atoms with van der Waals surface area (Å²) in [7, 11) is -2.30. The van der Waals surface area contributed by atoms with E-state index in [4.69, 9.17) is 4.74 Å². The van der Waals surface area contributed by atoms with Gasteiger partial charge >= 0.3 is 0 Å². The molecule has 0 saturated heterocycles. The third-order valence-corrected chi connectivity index (χ3v) is 5.93. The van der Waals surface area contributed by atoms with Gasteiger partial charge in [-0.05, 0) is 30.3 Å². The lowest BCUT2D eigenvalue weighted by molar-refractivity contribution is 0.398. The van der Waals surface area contributed by atoms with E-state index in [0.29, 0.717) is 22.1 Å². The summed E-state index contributed by atoms with van der Waals surface area (Å²) in [6.07, 6.45) is 2.63. The number of thiazole rings is 1. The summed E-state index contributed by atoms with van der Waals surface area (Å²) >= 11 is 0.997. The number of hydrogen-bond acceptors (Lipinski definition) is 6. The van der Waals surface area contributed by atoms with Crippen LogP contribution in [0.2, 0.25) is 0 Å². The SMILES string of the molecule is COc1ccc(NS(=O)(=O)c2cnc(-c3ccc(F)cc3)s2)cn1. The fourth-order valence-electron chi connectivity index (χ4n) is 1.88. The Labute approximate surface area is 142 Å². The lowest BCUT2D eigenvalue weighted by Crippen LogP contribution is -2.11. The molecule has 2 aromatic heterocycles. The number of aromatic nitrogens is 2. The molecule has 0 bridgehead atoms. The standard InChI is InChI=1S/C15H12FN3O3S2/c1-22-13-7-6-12(8-17-13)19-24(20,21)14-9-18-15(23-14)10-2-4-11(16)5-3-10/h2-9,19H,1H3. The molecule has 3 aromatic rings. The first-order valence-electron chi connectivity index (χ1n) is 6.72. The summed E-state index contributed by atoms with van der Waals surface area (Å²) < 4.78 is 45.1. The van der Waals surface area contributed by atoms with Gasteiger partial charge in [-0.2, -0.15) is 0 Å². The lowest BCUT2D eigenvalue weighted by atomic mass is 10.2. The molecule has 2 heterocycles. The molecule has 0 fully saturated rings. The highest BCUT2D eigenvalue weighted by Gasteiger charge is 2.19. The molecule has 1 N–H and O–H groups in total. The van der Waals surface area contributed by atoms with E-state index < -0.39 is 10.0 Å². The Bertz CT molecular complexity index is 939. The predicted octanol–water partition coefficient (Wildman–Crippen LogP) is 3.15. The van der Waals surface area contributed by atoms with Crippen molar-refractivity contribution < 1.29 is 17.5 Å². The predicted molar refractivity (Wildman–Crippen MR) is 89.1 cm³/mol. The zero-order valence-corrected chi connectivity index (χ0v) is 14.1. The number of hydrogen-bond donors (Lipinski definition) is 1. The zero-order valence-electron chi connectivity index (χ0n) is 12.4. The Kier molecular flexibility index (Phi) is 4.45. The summed E-state index contributed by atoms with van der Waals surface area (Å²) in [6.45, 7) is 0. The number of anilines is 1. The van der Waals surface area contributed by atoms with Crippen LogP contribution in [0.4, 0.5) is 10.1 Å². The topological polar surface area (TPSA) is 81.2 Å². The average Bonchev–Trinajstić information content (AvgIpc) is 3.07. The molecule has 0 aliphatic carbocycles. The number of benzene rings is 1. The van der Waals surface area contributed by atoms with Gasteiger partial charge in [0.15, 0.2) is 4.21 Å². The molecule has 1 aromatic carbocycles. The van der Waals surface area contributed by atoms with Crippen molar-refractivity contribution in [2.45, 2.75) is 4.21 Å². The Morgan fingerprint density at radius 3 is 2.46 bits per heavy atom. The van der Waals surface area contributed by atoms with Crippen molar-refractivity contribution in [1.29, 1.82) is 0 Å². The van der Waals surface area contributed by atoms with E-state index in [-0.39, 0.29) is 10.0 Å².